The molecular weight excluding hydrogens is 379 g/mol. The van der Waals surface area contributed by atoms with Gasteiger partial charge in [-0.1, -0.05) is 48.0 Å². The molecular formula is C24H19FN4O. The van der Waals surface area contributed by atoms with Crippen LogP contribution in [0.2, 0.25) is 0 Å². The summed E-state index contributed by atoms with van der Waals surface area (Å²) in [5.74, 6) is -0.607. The maximum atomic E-state index is 13.3. The molecule has 1 aromatic heterocycles. The molecule has 0 bridgehead atoms. The van der Waals surface area contributed by atoms with Crippen molar-refractivity contribution in [2.24, 2.45) is 5.10 Å². The lowest BCUT2D eigenvalue weighted by molar-refractivity contribution is 0.0955. The van der Waals surface area contributed by atoms with Crippen LogP contribution in [-0.4, -0.2) is 21.9 Å². The predicted molar refractivity (Wildman–Crippen MR) is 115 cm³/mol. The molecule has 0 fully saturated rings. The molecule has 0 unspecified atom stereocenters. The van der Waals surface area contributed by atoms with Crippen LogP contribution in [0.1, 0.15) is 21.5 Å². The van der Waals surface area contributed by atoms with E-state index in [4.69, 9.17) is 0 Å². The molecule has 0 saturated carbocycles. The SMILES string of the molecule is Cc1ccc(-c2nn(-c3ccc(F)cc3)cc2/C=N\NC(=O)c2ccccc2)cc1. The molecule has 0 aliphatic carbocycles. The van der Waals surface area contributed by atoms with Crippen LogP contribution in [-0.2, 0) is 0 Å². The zero-order valence-corrected chi connectivity index (χ0v) is 16.3. The van der Waals surface area contributed by atoms with Crippen LogP contribution in [0.5, 0.6) is 0 Å². The van der Waals surface area contributed by atoms with Crippen LogP contribution >= 0.6 is 0 Å². The second kappa shape index (κ2) is 8.53. The minimum absolute atomic E-state index is 0.297. The van der Waals surface area contributed by atoms with Gasteiger partial charge < -0.3 is 0 Å². The van der Waals surface area contributed by atoms with Crippen LogP contribution in [0, 0.1) is 12.7 Å². The quantitative estimate of drug-likeness (QED) is 0.390. The number of hydrogen-bond donors (Lipinski definition) is 1. The van der Waals surface area contributed by atoms with Crippen molar-refractivity contribution in [3.63, 3.8) is 0 Å². The molecule has 0 atom stereocenters. The third-order valence-electron chi connectivity index (χ3n) is 4.56. The van der Waals surface area contributed by atoms with E-state index in [0.717, 1.165) is 22.4 Å². The summed E-state index contributed by atoms with van der Waals surface area (Å²) >= 11 is 0. The van der Waals surface area contributed by atoms with E-state index in [-0.39, 0.29) is 11.7 Å². The molecule has 5 nitrogen and oxygen atoms in total. The van der Waals surface area contributed by atoms with Crippen molar-refractivity contribution in [3.8, 4) is 16.9 Å². The van der Waals surface area contributed by atoms with Gasteiger partial charge in [0, 0.05) is 22.9 Å². The van der Waals surface area contributed by atoms with E-state index >= 15 is 0 Å². The van der Waals surface area contributed by atoms with Gasteiger partial charge in [-0.05, 0) is 43.3 Å². The molecule has 30 heavy (non-hydrogen) atoms. The molecule has 0 saturated heterocycles. The van der Waals surface area contributed by atoms with Crippen molar-refractivity contribution < 1.29 is 9.18 Å². The van der Waals surface area contributed by atoms with Gasteiger partial charge >= 0.3 is 0 Å². The van der Waals surface area contributed by atoms with E-state index in [0.29, 0.717) is 11.3 Å². The highest BCUT2D eigenvalue weighted by atomic mass is 19.1. The highest BCUT2D eigenvalue weighted by Gasteiger charge is 2.12. The summed E-state index contributed by atoms with van der Waals surface area (Å²) in [7, 11) is 0. The van der Waals surface area contributed by atoms with Gasteiger partial charge in [0.05, 0.1) is 11.9 Å². The lowest BCUT2D eigenvalue weighted by Crippen LogP contribution is -2.17. The van der Waals surface area contributed by atoms with Gasteiger partial charge in [0.15, 0.2) is 0 Å². The summed E-state index contributed by atoms with van der Waals surface area (Å²) < 4.78 is 14.9. The molecule has 4 aromatic rings. The molecule has 4 rings (SSSR count). The Bertz CT molecular complexity index is 1180. The van der Waals surface area contributed by atoms with Gasteiger partial charge in [-0.2, -0.15) is 10.2 Å². The first-order chi connectivity index (χ1) is 14.6. The van der Waals surface area contributed by atoms with Gasteiger partial charge in [0.1, 0.15) is 11.5 Å². The second-order valence-electron chi connectivity index (χ2n) is 6.79. The van der Waals surface area contributed by atoms with E-state index in [1.54, 1.807) is 53.5 Å². The zero-order chi connectivity index (χ0) is 20.9. The molecule has 6 heteroatoms. The Labute approximate surface area is 173 Å². The lowest BCUT2D eigenvalue weighted by Gasteiger charge is -2.01. The number of benzene rings is 3. The number of aryl methyl sites for hydroxylation is 1. The maximum Gasteiger partial charge on any atom is 0.271 e. The minimum atomic E-state index is -0.310. The van der Waals surface area contributed by atoms with Crippen molar-refractivity contribution >= 4 is 12.1 Å². The number of hydrazone groups is 1. The Hall–Kier alpha value is -4.06. The molecule has 0 aliphatic rings. The fraction of sp³-hybridized carbons (Fsp3) is 0.0417. The topological polar surface area (TPSA) is 59.3 Å². The Morgan fingerprint density at radius 3 is 2.40 bits per heavy atom. The van der Waals surface area contributed by atoms with Crippen LogP contribution < -0.4 is 5.43 Å². The van der Waals surface area contributed by atoms with Crippen molar-refractivity contribution in [1.82, 2.24) is 15.2 Å². The average Bonchev–Trinajstić information content (AvgIpc) is 3.19. The van der Waals surface area contributed by atoms with Crippen LogP contribution in [0.15, 0.2) is 90.2 Å². The van der Waals surface area contributed by atoms with E-state index < -0.39 is 0 Å². The molecule has 0 spiro atoms. The van der Waals surface area contributed by atoms with E-state index in [1.165, 1.54) is 12.1 Å². The second-order valence-corrected chi connectivity index (χ2v) is 6.79. The third-order valence-corrected chi connectivity index (χ3v) is 4.56. The van der Waals surface area contributed by atoms with Crippen molar-refractivity contribution in [2.45, 2.75) is 6.92 Å². The van der Waals surface area contributed by atoms with Crippen molar-refractivity contribution in [3.05, 3.63) is 108 Å². The van der Waals surface area contributed by atoms with Gasteiger partial charge in [-0.25, -0.2) is 14.5 Å². The molecule has 1 N–H and O–H groups in total. The Morgan fingerprint density at radius 2 is 1.70 bits per heavy atom. The van der Waals surface area contributed by atoms with Gasteiger partial charge in [-0.3, -0.25) is 4.79 Å². The first-order valence-electron chi connectivity index (χ1n) is 9.41. The van der Waals surface area contributed by atoms with Crippen LogP contribution in [0.4, 0.5) is 4.39 Å². The molecule has 148 valence electrons. The molecule has 1 amide bonds. The van der Waals surface area contributed by atoms with E-state index in [2.05, 4.69) is 15.6 Å². The third kappa shape index (κ3) is 4.33. The standard InChI is InChI=1S/C24H19FN4O/c1-17-7-9-18(10-8-17)23-20(15-26-27-24(30)19-5-3-2-4-6-19)16-29(28-23)22-13-11-21(25)12-14-22/h2-16H,1H3,(H,27,30)/b26-15-. The highest BCUT2D eigenvalue weighted by molar-refractivity contribution is 5.95. The summed E-state index contributed by atoms with van der Waals surface area (Å²) in [4.78, 5) is 12.2. The molecule has 1 heterocycles. The summed E-state index contributed by atoms with van der Waals surface area (Å²) in [6.07, 6.45) is 3.35. The number of rotatable bonds is 5. The first kappa shape index (κ1) is 19.3. The van der Waals surface area contributed by atoms with Gasteiger partial charge in [0.2, 0.25) is 0 Å². The Morgan fingerprint density at radius 1 is 1.00 bits per heavy atom. The van der Waals surface area contributed by atoms with Crippen LogP contribution in [0.3, 0.4) is 0 Å². The predicted octanol–water partition coefficient (Wildman–Crippen LogP) is 4.75. The lowest BCUT2D eigenvalue weighted by atomic mass is 10.1. The van der Waals surface area contributed by atoms with E-state index in [1.807, 2.05) is 37.3 Å². The fourth-order valence-corrected chi connectivity index (χ4v) is 2.96. The van der Waals surface area contributed by atoms with Gasteiger partial charge in [0.25, 0.3) is 5.91 Å². The Kier molecular flexibility index (Phi) is 5.48. The highest BCUT2D eigenvalue weighted by Crippen LogP contribution is 2.23. The zero-order valence-electron chi connectivity index (χ0n) is 16.3. The number of aromatic nitrogens is 2. The fourth-order valence-electron chi connectivity index (χ4n) is 2.96. The summed E-state index contributed by atoms with van der Waals surface area (Å²) in [6.45, 7) is 2.02. The number of nitrogens with zero attached hydrogens (tertiary/aromatic N) is 3. The van der Waals surface area contributed by atoms with Gasteiger partial charge in [-0.15, -0.1) is 0 Å². The van der Waals surface area contributed by atoms with Crippen molar-refractivity contribution in [2.75, 3.05) is 0 Å². The molecule has 0 radical (unpaired) electrons. The average molecular weight is 398 g/mol. The summed E-state index contributed by atoms with van der Waals surface area (Å²) in [5.41, 5.74) is 7.26. The Balaban J connectivity index is 1.65. The number of carbonyl (C=O) groups is 1. The number of nitrogens with one attached hydrogen (secondary N) is 1. The largest absolute Gasteiger partial charge is 0.271 e. The van der Waals surface area contributed by atoms with E-state index in [9.17, 15) is 9.18 Å². The number of hydrogen-bond acceptors (Lipinski definition) is 3. The van der Waals surface area contributed by atoms with Crippen LogP contribution in [0.25, 0.3) is 16.9 Å². The summed E-state index contributed by atoms with van der Waals surface area (Å²) in [5, 5.41) is 8.76. The summed E-state index contributed by atoms with van der Waals surface area (Å²) in [6, 6.07) is 22.9. The molecule has 3 aromatic carbocycles. The number of amides is 1. The number of carbonyl (C=O) groups excluding carboxylic acids is 1. The normalized spacial score (nSPS) is 11.0. The number of halogens is 1. The monoisotopic (exact) mass is 398 g/mol. The van der Waals surface area contributed by atoms with Crippen molar-refractivity contribution in [1.29, 1.82) is 0 Å². The smallest absolute Gasteiger partial charge is 0.267 e. The minimum Gasteiger partial charge on any atom is -0.267 e. The first-order valence-corrected chi connectivity index (χ1v) is 9.41. The molecule has 0 aliphatic heterocycles. The maximum absolute atomic E-state index is 13.3.